The molecule has 2 N–H and O–H groups in total. The van der Waals surface area contributed by atoms with Gasteiger partial charge in [-0.3, -0.25) is 9.59 Å². The van der Waals surface area contributed by atoms with Gasteiger partial charge in [-0.2, -0.15) is 0 Å². The van der Waals surface area contributed by atoms with Crippen LogP contribution in [0.25, 0.3) is 0 Å². The van der Waals surface area contributed by atoms with Crippen molar-refractivity contribution in [1.82, 2.24) is 10.3 Å². The predicted octanol–water partition coefficient (Wildman–Crippen LogP) is 4.36. The van der Waals surface area contributed by atoms with Crippen molar-refractivity contribution < 1.29 is 23.8 Å². The third-order valence-corrected chi connectivity index (χ3v) is 6.68. The Morgan fingerprint density at radius 3 is 2.61 bits per heavy atom. The van der Waals surface area contributed by atoms with E-state index in [2.05, 4.69) is 22.5 Å². The number of anilines is 1. The monoisotopic (exact) mass is 487 g/mol. The minimum Gasteiger partial charge on any atom is -0.491 e. The average molecular weight is 488 g/mol. The van der Waals surface area contributed by atoms with Crippen LogP contribution in [-0.2, 0) is 10.2 Å². The zero-order valence-electron chi connectivity index (χ0n) is 20.4. The summed E-state index contributed by atoms with van der Waals surface area (Å²) in [5.74, 6) is 1.54. The highest BCUT2D eigenvalue weighted by Gasteiger charge is 2.52. The standard InChI is InChI=1S/C28H29N3O5/c1-3-4-6-13-30-27(33)28(16-34-21-15-23-22(14-20(21)28)35-17-36-23)25-18(2)9-8-10-19(25)26(32)31-24-11-5-7-12-29-24/h5,7-12,14-15H,3-4,6,13,16-17H2,1-2H3,(H,30,33)(H,29,31,32). The highest BCUT2D eigenvalue weighted by Crippen LogP contribution is 2.51. The van der Waals surface area contributed by atoms with Gasteiger partial charge in [0.05, 0.1) is 0 Å². The van der Waals surface area contributed by atoms with Gasteiger partial charge in [0.15, 0.2) is 11.5 Å². The van der Waals surface area contributed by atoms with Crippen molar-refractivity contribution in [3.8, 4) is 17.2 Å². The molecule has 1 aromatic heterocycles. The van der Waals surface area contributed by atoms with E-state index in [-0.39, 0.29) is 25.2 Å². The molecule has 0 fully saturated rings. The molecule has 36 heavy (non-hydrogen) atoms. The smallest absolute Gasteiger partial charge is 0.257 e. The fraction of sp³-hybridized carbons (Fsp3) is 0.321. The number of carbonyl (C=O) groups excluding carboxylic acids is 2. The molecule has 1 atom stereocenters. The molecule has 0 bridgehead atoms. The van der Waals surface area contributed by atoms with Gasteiger partial charge in [-0.25, -0.2) is 4.98 Å². The summed E-state index contributed by atoms with van der Waals surface area (Å²) in [5.41, 5.74) is 1.20. The summed E-state index contributed by atoms with van der Waals surface area (Å²) in [6.45, 7) is 4.72. The average Bonchev–Trinajstić information content (AvgIpc) is 3.50. The number of rotatable bonds is 8. The Morgan fingerprint density at radius 1 is 1.00 bits per heavy atom. The van der Waals surface area contributed by atoms with Gasteiger partial charge in [0.1, 0.15) is 23.6 Å². The van der Waals surface area contributed by atoms with Crippen LogP contribution in [0.15, 0.2) is 54.7 Å². The van der Waals surface area contributed by atoms with E-state index >= 15 is 0 Å². The Bertz CT molecular complexity index is 1290. The van der Waals surface area contributed by atoms with Crippen LogP contribution in [0.1, 0.15) is 53.2 Å². The van der Waals surface area contributed by atoms with Crippen LogP contribution in [-0.4, -0.2) is 36.7 Å². The number of hydrogen-bond donors (Lipinski definition) is 2. The van der Waals surface area contributed by atoms with Crippen LogP contribution in [0.3, 0.4) is 0 Å². The normalized spacial score (nSPS) is 17.3. The third kappa shape index (κ3) is 4.12. The molecule has 0 aliphatic carbocycles. The Labute approximate surface area is 210 Å². The van der Waals surface area contributed by atoms with E-state index in [1.807, 2.05) is 25.1 Å². The maximum atomic E-state index is 14.1. The molecule has 2 amide bonds. The molecule has 0 saturated carbocycles. The molecule has 0 radical (unpaired) electrons. The number of benzene rings is 2. The van der Waals surface area contributed by atoms with E-state index in [1.165, 1.54) is 0 Å². The summed E-state index contributed by atoms with van der Waals surface area (Å²) in [7, 11) is 0. The first-order valence-corrected chi connectivity index (χ1v) is 12.2. The van der Waals surface area contributed by atoms with Crippen LogP contribution in [0.4, 0.5) is 5.82 Å². The first kappa shape index (κ1) is 23.7. The number of unbranched alkanes of at least 4 members (excludes halogenated alkanes) is 2. The fourth-order valence-corrected chi connectivity index (χ4v) is 4.92. The summed E-state index contributed by atoms with van der Waals surface area (Å²) >= 11 is 0. The lowest BCUT2D eigenvalue weighted by Gasteiger charge is -2.31. The van der Waals surface area contributed by atoms with E-state index < -0.39 is 5.41 Å². The molecule has 0 saturated heterocycles. The Kier molecular flexibility index (Phi) is 6.50. The van der Waals surface area contributed by atoms with Gasteiger partial charge in [0.2, 0.25) is 12.7 Å². The van der Waals surface area contributed by atoms with Crippen LogP contribution in [0, 0.1) is 6.92 Å². The van der Waals surface area contributed by atoms with E-state index in [1.54, 1.807) is 36.5 Å². The second kappa shape index (κ2) is 9.89. The lowest BCUT2D eigenvalue weighted by molar-refractivity contribution is -0.125. The quantitative estimate of drug-likeness (QED) is 0.458. The summed E-state index contributed by atoms with van der Waals surface area (Å²) in [5, 5.41) is 5.98. The van der Waals surface area contributed by atoms with Gasteiger partial charge in [-0.15, -0.1) is 0 Å². The summed E-state index contributed by atoms with van der Waals surface area (Å²) < 4.78 is 17.3. The number of nitrogens with zero attached hydrogens (tertiary/aromatic N) is 1. The number of nitrogens with one attached hydrogen (secondary N) is 2. The summed E-state index contributed by atoms with van der Waals surface area (Å²) in [4.78, 5) is 31.8. The zero-order chi connectivity index (χ0) is 25.1. The topological polar surface area (TPSA) is 98.8 Å². The van der Waals surface area contributed by atoms with Gasteiger partial charge in [-0.1, -0.05) is 38.0 Å². The molecule has 186 valence electrons. The Hall–Kier alpha value is -4.07. The number of carbonyl (C=O) groups is 2. The van der Waals surface area contributed by atoms with Gasteiger partial charge in [0, 0.05) is 29.9 Å². The van der Waals surface area contributed by atoms with Crippen molar-refractivity contribution in [3.63, 3.8) is 0 Å². The number of fused-ring (bicyclic) bond motifs is 2. The second-order valence-corrected chi connectivity index (χ2v) is 9.03. The van der Waals surface area contributed by atoms with Crippen LogP contribution < -0.4 is 24.8 Å². The van der Waals surface area contributed by atoms with Gasteiger partial charge in [-0.05, 0) is 48.7 Å². The van der Waals surface area contributed by atoms with Crippen LogP contribution in [0.2, 0.25) is 0 Å². The van der Waals surface area contributed by atoms with Crippen LogP contribution >= 0.6 is 0 Å². The molecular formula is C28H29N3O5. The molecule has 3 aromatic rings. The molecule has 8 heteroatoms. The number of aryl methyl sites for hydroxylation is 1. The van der Waals surface area contributed by atoms with Crippen molar-refractivity contribution in [3.05, 3.63) is 77.0 Å². The number of hydrogen-bond acceptors (Lipinski definition) is 6. The van der Waals surface area contributed by atoms with Crippen molar-refractivity contribution in [2.24, 2.45) is 0 Å². The SMILES string of the molecule is CCCCCNC(=O)C1(c2c(C)cccc2C(=O)Nc2ccccn2)COc2cc3c(cc21)OCO3. The molecule has 3 heterocycles. The minimum absolute atomic E-state index is 0.0551. The van der Waals surface area contributed by atoms with Crippen molar-refractivity contribution in [2.45, 2.75) is 38.5 Å². The number of aromatic nitrogens is 1. The van der Waals surface area contributed by atoms with Crippen molar-refractivity contribution in [1.29, 1.82) is 0 Å². The lowest BCUT2D eigenvalue weighted by Crippen LogP contribution is -2.48. The summed E-state index contributed by atoms with van der Waals surface area (Å²) in [6, 6.07) is 14.3. The van der Waals surface area contributed by atoms with Gasteiger partial charge < -0.3 is 24.8 Å². The Morgan fingerprint density at radius 2 is 1.83 bits per heavy atom. The maximum Gasteiger partial charge on any atom is 0.257 e. The zero-order valence-corrected chi connectivity index (χ0v) is 20.4. The lowest BCUT2D eigenvalue weighted by atomic mass is 9.71. The first-order chi connectivity index (χ1) is 17.5. The number of ether oxygens (including phenoxy) is 3. The molecule has 1 unspecified atom stereocenters. The number of amides is 2. The first-order valence-electron chi connectivity index (χ1n) is 12.2. The second-order valence-electron chi connectivity index (χ2n) is 9.03. The largest absolute Gasteiger partial charge is 0.491 e. The minimum atomic E-state index is -1.25. The molecule has 0 spiro atoms. The van der Waals surface area contributed by atoms with Crippen molar-refractivity contribution >= 4 is 17.6 Å². The van der Waals surface area contributed by atoms with E-state index in [4.69, 9.17) is 14.2 Å². The van der Waals surface area contributed by atoms with Gasteiger partial charge >= 0.3 is 0 Å². The molecular weight excluding hydrogens is 458 g/mol. The van der Waals surface area contributed by atoms with Crippen molar-refractivity contribution in [2.75, 3.05) is 25.3 Å². The van der Waals surface area contributed by atoms with Gasteiger partial charge in [0.25, 0.3) is 5.91 Å². The molecule has 5 rings (SSSR count). The summed E-state index contributed by atoms with van der Waals surface area (Å²) in [6.07, 6.45) is 4.54. The molecule has 2 aromatic carbocycles. The highest BCUT2D eigenvalue weighted by atomic mass is 16.7. The predicted molar refractivity (Wildman–Crippen MR) is 135 cm³/mol. The molecule has 2 aliphatic rings. The van der Waals surface area contributed by atoms with E-state index in [0.29, 0.717) is 46.3 Å². The number of pyridine rings is 1. The van der Waals surface area contributed by atoms with E-state index in [0.717, 1.165) is 24.8 Å². The molecule has 8 nitrogen and oxygen atoms in total. The Balaban J connectivity index is 1.63. The maximum absolute atomic E-state index is 14.1. The molecule has 2 aliphatic heterocycles. The van der Waals surface area contributed by atoms with Crippen LogP contribution in [0.5, 0.6) is 17.2 Å². The highest BCUT2D eigenvalue weighted by molar-refractivity contribution is 6.08. The third-order valence-electron chi connectivity index (χ3n) is 6.68. The van der Waals surface area contributed by atoms with E-state index in [9.17, 15) is 9.59 Å². The fourth-order valence-electron chi connectivity index (χ4n) is 4.92.